The second-order valence-corrected chi connectivity index (χ2v) is 7.44. The van der Waals surface area contributed by atoms with Crippen LogP contribution in [0.1, 0.15) is 11.1 Å². The number of aryl methyl sites for hydroxylation is 1. The molecule has 6 rings (SSSR count). The van der Waals surface area contributed by atoms with Gasteiger partial charge in [-0.25, -0.2) is 0 Å². The van der Waals surface area contributed by atoms with E-state index < -0.39 is 0 Å². The van der Waals surface area contributed by atoms with Gasteiger partial charge in [-0.05, 0) is 41.9 Å². The van der Waals surface area contributed by atoms with E-state index in [4.69, 9.17) is 4.98 Å². The number of hydrogen-bond acceptors (Lipinski definition) is 2. The third-order valence-corrected chi connectivity index (χ3v) is 5.20. The number of rotatable bonds is 2. The van der Waals surface area contributed by atoms with Crippen LogP contribution in [-0.2, 0) is 26.7 Å². The summed E-state index contributed by atoms with van der Waals surface area (Å²) < 4.78 is 2.27. The summed E-state index contributed by atoms with van der Waals surface area (Å²) in [6.45, 7) is 3.00. The Morgan fingerprint density at radius 2 is 1.62 bits per heavy atom. The van der Waals surface area contributed by atoms with Crippen molar-refractivity contribution >= 4 is 17.1 Å². The van der Waals surface area contributed by atoms with Gasteiger partial charge in [-0.2, -0.15) is 0 Å². The van der Waals surface area contributed by atoms with Crippen LogP contribution in [0, 0.1) is 19.1 Å². The standard InChI is InChI=1S/C17H13N2.C11H8N.Ir/c1-12-10-14-8-5-9-19-16(14)15(11-12)18-17(19)13-6-3-2-4-7-13;1-2-6-10(7-3-1)11-8-4-5-9-12-11;/h2-6,8,10-11H,9H2,1H3;1-6,8-9H;/q2*-1;. The molecule has 0 amide bonds. The largest absolute Gasteiger partial charge is 0.360 e. The predicted molar refractivity (Wildman–Crippen MR) is 126 cm³/mol. The molecule has 0 unspecified atom stereocenters. The summed E-state index contributed by atoms with van der Waals surface area (Å²) in [5.41, 5.74) is 7.89. The molecule has 0 spiro atoms. The maximum Gasteiger partial charge on any atom is 0.0779 e. The molecule has 4 heteroatoms. The maximum atomic E-state index is 4.81. The number of nitrogens with zero attached hydrogens (tertiary/aromatic N) is 3. The van der Waals surface area contributed by atoms with Crippen molar-refractivity contribution < 1.29 is 20.1 Å². The molecule has 0 N–H and O–H groups in total. The van der Waals surface area contributed by atoms with Crippen LogP contribution < -0.4 is 0 Å². The summed E-state index contributed by atoms with van der Waals surface area (Å²) in [5, 5.41) is 0. The molecule has 3 heterocycles. The topological polar surface area (TPSA) is 30.7 Å². The average molecular weight is 592 g/mol. The molecular formula is C28H21IrN3-2. The molecule has 5 aromatic rings. The molecule has 0 saturated heterocycles. The summed E-state index contributed by atoms with van der Waals surface area (Å²) in [7, 11) is 0. The Morgan fingerprint density at radius 3 is 2.31 bits per heavy atom. The molecule has 0 aliphatic carbocycles. The first-order chi connectivity index (χ1) is 15.3. The number of pyridine rings is 1. The Labute approximate surface area is 201 Å². The van der Waals surface area contributed by atoms with Gasteiger partial charge in [0, 0.05) is 32.8 Å². The third kappa shape index (κ3) is 4.47. The van der Waals surface area contributed by atoms with E-state index in [0.29, 0.717) is 0 Å². The van der Waals surface area contributed by atoms with E-state index in [9.17, 15) is 0 Å². The van der Waals surface area contributed by atoms with E-state index in [2.05, 4.69) is 59.0 Å². The SMILES string of the molecule is Cc1cc2c3c(c1)nc(-c1[c-]cccc1)n3CC=C2.[Ir].[c-]1ccccc1-c1ccccn1. The minimum absolute atomic E-state index is 0. The normalized spacial score (nSPS) is 11.4. The van der Waals surface area contributed by atoms with Gasteiger partial charge in [0.15, 0.2) is 0 Å². The average Bonchev–Trinajstić information content (AvgIpc) is 3.21. The minimum atomic E-state index is 0. The first-order valence-corrected chi connectivity index (χ1v) is 10.3. The van der Waals surface area contributed by atoms with E-state index in [-0.39, 0.29) is 20.1 Å². The zero-order valence-corrected chi connectivity index (χ0v) is 20.0. The van der Waals surface area contributed by atoms with E-state index >= 15 is 0 Å². The van der Waals surface area contributed by atoms with Crippen molar-refractivity contribution in [3.63, 3.8) is 0 Å². The van der Waals surface area contributed by atoms with Crippen LogP contribution in [0.15, 0.2) is 91.1 Å². The zero-order valence-electron chi connectivity index (χ0n) is 17.6. The molecule has 1 aliphatic rings. The van der Waals surface area contributed by atoms with Gasteiger partial charge in [0.05, 0.1) is 16.9 Å². The first kappa shape index (κ1) is 21.9. The van der Waals surface area contributed by atoms with Gasteiger partial charge in [0.25, 0.3) is 0 Å². The van der Waals surface area contributed by atoms with Crippen molar-refractivity contribution in [3.05, 3.63) is 114 Å². The fraction of sp³-hybridized carbons (Fsp3) is 0.0714. The zero-order chi connectivity index (χ0) is 21.0. The van der Waals surface area contributed by atoms with E-state index in [1.54, 1.807) is 6.20 Å². The fourth-order valence-electron chi connectivity index (χ4n) is 3.85. The van der Waals surface area contributed by atoms with Crippen LogP contribution in [0.4, 0.5) is 0 Å². The summed E-state index contributed by atoms with van der Waals surface area (Å²) in [4.78, 5) is 9.02. The molecule has 1 radical (unpaired) electrons. The Kier molecular flexibility index (Phi) is 6.75. The quantitative estimate of drug-likeness (QED) is 0.223. The monoisotopic (exact) mass is 592 g/mol. The van der Waals surface area contributed by atoms with E-state index in [0.717, 1.165) is 34.7 Å². The van der Waals surface area contributed by atoms with Crippen molar-refractivity contribution in [3.8, 4) is 22.6 Å². The Morgan fingerprint density at radius 1 is 0.875 bits per heavy atom. The number of hydrogen-bond donors (Lipinski definition) is 0. The second-order valence-electron chi connectivity index (χ2n) is 7.44. The molecule has 3 nitrogen and oxygen atoms in total. The second kappa shape index (κ2) is 9.86. The summed E-state index contributed by atoms with van der Waals surface area (Å²) in [6, 6.07) is 32.5. The molecular weight excluding hydrogens is 571 g/mol. The van der Waals surface area contributed by atoms with Gasteiger partial charge in [-0.15, -0.1) is 71.8 Å². The van der Waals surface area contributed by atoms with Crippen LogP contribution in [-0.4, -0.2) is 14.5 Å². The number of aromatic nitrogens is 3. The molecule has 1 aliphatic heterocycles. The van der Waals surface area contributed by atoms with Crippen LogP contribution in [0.3, 0.4) is 0 Å². The van der Waals surface area contributed by atoms with Crippen LogP contribution in [0.25, 0.3) is 39.8 Å². The molecule has 32 heavy (non-hydrogen) atoms. The Hall–Kier alpha value is -3.33. The van der Waals surface area contributed by atoms with Gasteiger partial charge in [-0.3, -0.25) is 4.98 Å². The van der Waals surface area contributed by atoms with Crippen LogP contribution in [0.5, 0.6) is 0 Å². The number of allylic oxidation sites excluding steroid dienone is 1. The predicted octanol–water partition coefficient (Wildman–Crippen LogP) is 6.39. The first-order valence-electron chi connectivity index (χ1n) is 10.3. The third-order valence-electron chi connectivity index (χ3n) is 5.20. The van der Waals surface area contributed by atoms with Crippen molar-refractivity contribution in [2.45, 2.75) is 13.5 Å². The van der Waals surface area contributed by atoms with E-state index in [1.165, 1.54) is 16.6 Å². The Bertz CT molecular complexity index is 1300. The summed E-state index contributed by atoms with van der Waals surface area (Å²) in [6.07, 6.45) is 6.17. The van der Waals surface area contributed by atoms with Gasteiger partial charge in [-0.1, -0.05) is 24.3 Å². The molecule has 0 atom stereocenters. The fourth-order valence-corrected chi connectivity index (χ4v) is 3.85. The molecule has 0 fully saturated rings. The maximum absolute atomic E-state index is 4.81. The van der Waals surface area contributed by atoms with Crippen molar-refractivity contribution in [1.82, 2.24) is 14.5 Å². The molecule has 0 saturated carbocycles. The van der Waals surface area contributed by atoms with Gasteiger partial charge >= 0.3 is 0 Å². The van der Waals surface area contributed by atoms with E-state index in [1.807, 2.05) is 60.7 Å². The van der Waals surface area contributed by atoms with Gasteiger partial charge in [0.1, 0.15) is 0 Å². The van der Waals surface area contributed by atoms with Crippen molar-refractivity contribution in [2.75, 3.05) is 0 Å². The molecule has 159 valence electrons. The summed E-state index contributed by atoms with van der Waals surface area (Å²) in [5.74, 6) is 1.01. The van der Waals surface area contributed by atoms with Crippen molar-refractivity contribution in [1.29, 1.82) is 0 Å². The van der Waals surface area contributed by atoms with Crippen LogP contribution >= 0.6 is 0 Å². The molecule has 2 aromatic heterocycles. The number of benzene rings is 3. The Balaban J connectivity index is 0.000000164. The van der Waals surface area contributed by atoms with Gasteiger partial charge < -0.3 is 9.55 Å². The van der Waals surface area contributed by atoms with Gasteiger partial charge in [0.2, 0.25) is 0 Å². The summed E-state index contributed by atoms with van der Waals surface area (Å²) >= 11 is 0. The molecule has 3 aromatic carbocycles. The van der Waals surface area contributed by atoms with Crippen LogP contribution in [0.2, 0.25) is 0 Å². The van der Waals surface area contributed by atoms with Crippen molar-refractivity contribution in [2.24, 2.45) is 0 Å². The molecule has 0 bridgehead atoms. The minimum Gasteiger partial charge on any atom is -0.360 e. The smallest absolute Gasteiger partial charge is 0.0779 e. The number of imidazole rings is 1.